The molecular weight excluding hydrogens is 427 g/mol. The van der Waals surface area contributed by atoms with Gasteiger partial charge in [-0.3, -0.25) is 0 Å². The second-order valence-electron chi connectivity index (χ2n) is 7.87. The fourth-order valence-corrected chi connectivity index (χ4v) is 5.74. The highest BCUT2D eigenvalue weighted by Gasteiger charge is 2.23. The zero-order valence-corrected chi connectivity index (χ0v) is 18.3. The molecule has 0 unspecified atom stereocenters. The Morgan fingerprint density at radius 1 is 0.697 bits per heavy atom. The van der Waals surface area contributed by atoms with Crippen LogP contribution in [0.2, 0.25) is 0 Å². The van der Waals surface area contributed by atoms with Crippen molar-refractivity contribution < 1.29 is 4.39 Å². The predicted molar refractivity (Wildman–Crippen MR) is 134 cm³/mol. The lowest BCUT2D eigenvalue weighted by atomic mass is 10.1. The first kappa shape index (κ1) is 19.5. The van der Waals surface area contributed by atoms with Crippen LogP contribution >= 0.6 is 11.3 Å². The molecule has 0 spiro atoms. The first-order chi connectivity index (χ1) is 16.2. The maximum atomic E-state index is 13.7. The Bertz CT molecular complexity index is 1650. The van der Waals surface area contributed by atoms with Crippen LogP contribution in [-0.2, 0) is 0 Å². The summed E-state index contributed by atoms with van der Waals surface area (Å²) in [5, 5.41) is 11.6. The van der Waals surface area contributed by atoms with E-state index in [1.165, 1.54) is 22.9 Å². The Balaban J connectivity index is 1.77. The highest BCUT2D eigenvalue weighted by Crippen LogP contribution is 2.49. The molecule has 6 rings (SSSR count). The van der Waals surface area contributed by atoms with Crippen molar-refractivity contribution in [1.82, 2.24) is 4.57 Å². The van der Waals surface area contributed by atoms with Crippen molar-refractivity contribution in [2.24, 2.45) is 0 Å². The van der Waals surface area contributed by atoms with E-state index in [1.54, 1.807) is 11.3 Å². The van der Waals surface area contributed by atoms with Crippen LogP contribution in [0.15, 0.2) is 103 Å². The second kappa shape index (κ2) is 7.74. The van der Waals surface area contributed by atoms with Crippen molar-refractivity contribution in [3.63, 3.8) is 0 Å². The minimum absolute atomic E-state index is 0.248. The standard InChI is InChI=1S/C29H17FN2S/c30-22-16-14-21(15-17-22)29-27-26(28(33-29)20-12-10-19(18-31)11-13-20)24-8-4-5-9-25(24)32(27)23-6-2-1-3-7-23/h1-17H. The van der Waals surface area contributed by atoms with Crippen molar-refractivity contribution in [2.45, 2.75) is 0 Å². The maximum absolute atomic E-state index is 13.7. The number of benzene rings is 4. The summed E-state index contributed by atoms with van der Waals surface area (Å²) in [5.41, 5.74) is 5.99. The van der Waals surface area contributed by atoms with Crippen molar-refractivity contribution in [3.05, 3.63) is 115 Å². The second-order valence-corrected chi connectivity index (χ2v) is 8.89. The van der Waals surface area contributed by atoms with E-state index in [-0.39, 0.29) is 5.82 Å². The molecular formula is C29H17FN2S. The third-order valence-electron chi connectivity index (χ3n) is 5.92. The molecule has 4 heteroatoms. The molecule has 6 aromatic rings. The number of nitriles is 1. The topological polar surface area (TPSA) is 28.7 Å². The molecule has 0 aliphatic carbocycles. The summed E-state index contributed by atoms with van der Waals surface area (Å²) in [6, 6.07) is 35.4. The van der Waals surface area contributed by atoms with Gasteiger partial charge in [-0.25, -0.2) is 4.39 Å². The number of rotatable bonds is 3. The van der Waals surface area contributed by atoms with Gasteiger partial charge in [0.25, 0.3) is 0 Å². The molecule has 4 aromatic carbocycles. The predicted octanol–water partition coefficient (Wildman–Crippen LogP) is 8.19. The number of aromatic nitrogens is 1. The highest BCUT2D eigenvalue weighted by molar-refractivity contribution is 7.21. The zero-order valence-electron chi connectivity index (χ0n) is 17.5. The van der Waals surface area contributed by atoms with Crippen LogP contribution in [0.4, 0.5) is 4.39 Å². The molecule has 0 amide bonds. The van der Waals surface area contributed by atoms with Gasteiger partial charge in [0.1, 0.15) is 5.82 Å². The Labute approximate surface area is 194 Å². The Morgan fingerprint density at radius 2 is 1.33 bits per heavy atom. The van der Waals surface area contributed by atoms with Gasteiger partial charge in [-0.15, -0.1) is 11.3 Å². The molecule has 2 aromatic heterocycles. The molecule has 0 bridgehead atoms. The van der Waals surface area contributed by atoms with Gasteiger partial charge in [-0.2, -0.15) is 5.26 Å². The number of thiophene rings is 1. The minimum atomic E-state index is -0.248. The SMILES string of the molecule is N#Cc1ccc(-c2sc(-c3ccc(F)cc3)c3c2c2ccccc2n3-c2ccccc2)cc1. The lowest BCUT2D eigenvalue weighted by molar-refractivity contribution is 0.628. The van der Waals surface area contributed by atoms with E-state index < -0.39 is 0 Å². The van der Waals surface area contributed by atoms with Crippen LogP contribution in [0.3, 0.4) is 0 Å². The lowest BCUT2D eigenvalue weighted by Crippen LogP contribution is -1.93. The Hall–Kier alpha value is -4.20. The largest absolute Gasteiger partial charge is 0.308 e. The monoisotopic (exact) mass is 444 g/mol. The molecule has 0 fully saturated rings. The van der Waals surface area contributed by atoms with E-state index in [0.29, 0.717) is 5.56 Å². The average molecular weight is 445 g/mol. The fourth-order valence-electron chi connectivity index (χ4n) is 4.43. The van der Waals surface area contributed by atoms with Crippen LogP contribution < -0.4 is 0 Å². The van der Waals surface area contributed by atoms with Crippen molar-refractivity contribution in [3.8, 4) is 32.6 Å². The smallest absolute Gasteiger partial charge is 0.123 e. The number of hydrogen-bond acceptors (Lipinski definition) is 2. The van der Waals surface area contributed by atoms with E-state index in [1.807, 2.05) is 54.6 Å². The third kappa shape index (κ3) is 3.14. The molecule has 0 aliphatic heterocycles. The van der Waals surface area contributed by atoms with E-state index in [2.05, 4.69) is 47.0 Å². The first-order valence-corrected chi connectivity index (χ1v) is 11.4. The molecule has 2 heterocycles. The quantitative estimate of drug-likeness (QED) is 0.270. The summed E-state index contributed by atoms with van der Waals surface area (Å²) < 4.78 is 16.0. The summed E-state index contributed by atoms with van der Waals surface area (Å²) in [6.45, 7) is 0. The zero-order chi connectivity index (χ0) is 22.4. The van der Waals surface area contributed by atoms with E-state index in [4.69, 9.17) is 0 Å². The molecule has 33 heavy (non-hydrogen) atoms. The van der Waals surface area contributed by atoms with Gasteiger partial charge in [0.05, 0.1) is 27.5 Å². The van der Waals surface area contributed by atoms with Crippen molar-refractivity contribution in [1.29, 1.82) is 5.26 Å². The van der Waals surface area contributed by atoms with Crippen LogP contribution in [0.1, 0.15) is 5.56 Å². The summed E-state index contributed by atoms with van der Waals surface area (Å²) in [7, 11) is 0. The van der Waals surface area contributed by atoms with Gasteiger partial charge in [0.15, 0.2) is 0 Å². The molecule has 156 valence electrons. The number of hydrogen-bond donors (Lipinski definition) is 0. The first-order valence-electron chi connectivity index (χ1n) is 10.6. The third-order valence-corrected chi connectivity index (χ3v) is 7.20. The van der Waals surface area contributed by atoms with Gasteiger partial charge < -0.3 is 4.57 Å². The number of nitrogens with zero attached hydrogens (tertiary/aromatic N) is 2. The normalized spacial score (nSPS) is 11.2. The average Bonchev–Trinajstić information content (AvgIpc) is 3.41. The van der Waals surface area contributed by atoms with Gasteiger partial charge in [0, 0.05) is 21.3 Å². The lowest BCUT2D eigenvalue weighted by Gasteiger charge is -2.09. The van der Waals surface area contributed by atoms with E-state index in [9.17, 15) is 9.65 Å². The molecule has 2 nitrogen and oxygen atoms in total. The molecule has 0 atom stereocenters. The molecule has 0 N–H and O–H groups in total. The maximum Gasteiger partial charge on any atom is 0.123 e. The van der Waals surface area contributed by atoms with Crippen LogP contribution in [-0.4, -0.2) is 4.57 Å². The number of para-hydroxylation sites is 2. The van der Waals surface area contributed by atoms with Gasteiger partial charge in [0.2, 0.25) is 0 Å². The molecule has 0 saturated carbocycles. The van der Waals surface area contributed by atoms with Crippen molar-refractivity contribution in [2.75, 3.05) is 0 Å². The Morgan fingerprint density at radius 3 is 2.06 bits per heavy atom. The summed E-state index contributed by atoms with van der Waals surface area (Å²) >= 11 is 1.70. The van der Waals surface area contributed by atoms with Crippen LogP contribution in [0.5, 0.6) is 0 Å². The van der Waals surface area contributed by atoms with E-state index >= 15 is 0 Å². The van der Waals surface area contributed by atoms with Crippen molar-refractivity contribution >= 4 is 33.1 Å². The van der Waals surface area contributed by atoms with E-state index in [0.717, 1.165) is 37.6 Å². The van der Waals surface area contributed by atoms with Crippen LogP contribution in [0.25, 0.3) is 48.4 Å². The molecule has 0 aliphatic rings. The minimum Gasteiger partial charge on any atom is -0.308 e. The molecule has 0 saturated heterocycles. The van der Waals surface area contributed by atoms with Gasteiger partial charge >= 0.3 is 0 Å². The number of fused-ring (bicyclic) bond motifs is 3. The number of halogens is 1. The summed E-state index contributed by atoms with van der Waals surface area (Å²) in [6.07, 6.45) is 0. The highest BCUT2D eigenvalue weighted by atomic mass is 32.1. The van der Waals surface area contributed by atoms with Gasteiger partial charge in [-0.05, 0) is 53.6 Å². The van der Waals surface area contributed by atoms with Gasteiger partial charge in [-0.1, -0.05) is 60.7 Å². The summed E-state index contributed by atoms with van der Waals surface area (Å²) in [4.78, 5) is 2.23. The summed E-state index contributed by atoms with van der Waals surface area (Å²) in [5.74, 6) is -0.248. The van der Waals surface area contributed by atoms with Crippen LogP contribution in [0, 0.1) is 17.1 Å². The Kier molecular flexibility index (Phi) is 4.57. The fraction of sp³-hybridized carbons (Fsp3) is 0. The molecule has 0 radical (unpaired) electrons.